The second-order valence-electron chi connectivity index (χ2n) is 21.2. The highest BCUT2D eigenvalue weighted by molar-refractivity contribution is 7.47. The molecule has 0 bridgehead atoms. The van der Waals surface area contributed by atoms with Crippen LogP contribution in [0.4, 0.5) is 0 Å². The molecule has 0 spiro atoms. The van der Waals surface area contributed by atoms with Crippen molar-refractivity contribution in [3.05, 3.63) is 24.3 Å². The molecule has 402 valence electrons. The van der Waals surface area contributed by atoms with Crippen LogP contribution in [0.5, 0.6) is 0 Å². The first-order chi connectivity index (χ1) is 32.9. The van der Waals surface area contributed by atoms with Gasteiger partial charge in [-0.1, -0.05) is 238 Å². The summed E-state index contributed by atoms with van der Waals surface area (Å²) in [5.41, 5.74) is 0. The van der Waals surface area contributed by atoms with Gasteiger partial charge in [-0.05, 0) is 57.4 Å². The lowest BCUT2D eigenvalue weighted by molar-refractivity contribution is -0.870. The standard InChI is InChI=1S/C58H113N2O7P/c1-7-10-13-16-19-22-25-28-30-33-36-39-42-45-48-51-58(62)67-56(49-46-43-40-37-34-31-27-24-21-18-15-12-9-3)55(54-66-68(63,64)65-53-52-60(4,5)6)59-57(61)50-47-44-41-38-35-32-29-26-23-20-17-14-11-8-2/h32,35,46,49,55-56H,7-31,33-34,36-45,47-48,50-54H2,1-6H3,(H-,59,61,63,64)/p+1/b35-32-,49-46+. The Morgan fingerprint density at radius 3 is 1.26 bits per heavy atom. The molecule has 0 saturated carbocycles. The maximum absolute atomic E-state index is 13.5. The minimum Gasteiger partial charge on any atom is -0.456 e. The van der Waals surface area contributed by atoms with Crippen molar-refractivity contribution in [2.45, 2.75) is 296 Å². The molecule has 0 aliphatic rings. The van der Waals surface area contributed by atoms with Crippen molar-refractivity contribution in [1.29, 1.82) is 0 Å². The summed E-state index contributed by atoms with van der Waals surface area (Å²) in [6.45, 7) is 7.02. The third kappa shape index (κ3) is 49.5. The van der Waals surface area contributed by atoms with Crippen molar-refractivity contribution in [2.75, 3.05) is 40.9 Å². The fourth-order valence-corrected chi connectivity index (χ4v) is 9.32. The van der Waals surface area contributed by atoms with Crippen LogP contribution in [-0.2, 0) is 27.9 Å². The van der Waals surface area contributed by atoms with Crippen LogP contribution in [0.1, 0.15) is 284 Å². The molecule has 0 aromatic heterocycles. The van der Waals surface area contributed by atoms with Gasteiger partial charge < -0.3 is 19.4 Å². The van der Waals surface area contributed by atoms with Crippen LogP contribution >= 0.6 is 7.82 Å². The molecule has 0 aromatic rings. The maximum atomic E-state index is 13.5. The number of hydrogen-bond donors (Lipinski definition) is 2. The van der Waals surface area contributed by atoms with Crippen molar-refractivity contribution >= 4 is 19.7 Å². The number of nitrogens with zero attached hydrogens (tertiary/aromatic N) is 1. The molecule has 10 heteroatoms. The van der Waals surface area contributed by atoms with Crippen molar-refractivity contribution in [3.63, 3.8) is 0 Å². The van der Waals surface area contributed by atoms with Gasteiger partial charge in [-0.2, -0.15) is 0 Å². The van der Waals surface area contributed by atoms with Crippen LogP contribution in [-0.4, -0.2) is 74.3 Å². The highest BCUT2D eigenvalue weighted by Crippen LogP contribution is 2.43. The zero-order valence-electron chi connectivity index (χ0n) is 45.9. The predicted molar refractivity (Wildman–Crippen MR) is 291 cm³/mol. The highest BCUT2D eigenvalue weighted by atomic mass is 31.2. The molecule has 0 aliphatic carbocycles. The van der Waals surface area contributed by atoms with E-state index in [1.54, 1.807) is 0 Å². The number of quaternary nitrogens is 1. The average Bonchev–Trinajstić information content (AvgIpc) is 3.29. The van der Waals surface area contributed by atoms with Crippen LogP contribution in [0.3, 0.4) is 0 Å². The number of likely N-dealkylation sites (N-methyl/N-ethyl adjacent to an activating group) is 1. The number of nitrogens with one attached hydrogen (secondary N) is 1. The van der Waals surface area contributed by atoms with Crippen LogP contribution in [0.25, 0.3) is 0 Å². The number of unbranched alkanes of at least 4 members (excludes halogenated alkanes) is 35. The normalized spacial score (nSPS) is 13.9. The molecule has 0 aliphatic heterocycles. The van der Waals surface area contributed by atoms with E-state index in [0.717, 1.165) is 70.6 Å². The molecular formula is C58H114N2O7P+. The van der Waals surface area contributed by atoms with Crippen molar-refractivity contribution in [2.24, 2.45) is 0 Å². The van der Waals surface area contributed by atoms with Crippen LogP contribution in [0, 0.1) is 0 Å². The van der Waals surface area contributed by atoms with Gasteiger partial charge in [0.05, 0.1) is 33.8 Å². The van der Waals surface area contributed by atoms with E-state index in [4.69, 9.17) is 13.8 Å². The monoisotopic (exact) mass is 982 g/mol. The molecule has 68 heavy (non-hydrogen) atoms. The Kier molecular flexibility index (Phi) is 48.0. The van der Waals surface area contributed by atoms with E-state index < -0.39 is 20.0 Å². The smallest absolute Gasteiger partial charge is 0.456 e. The Balaban J connectivity index is 5.36. The number of phosphoric ester groups is 1. The van der Waals surface area contributed by atoms with Crippen LogP contribution in [0.2, 0.25) is 0 Å². The quantitative estimate of drug-likeness (QED) is 0.0205. The summed E-state index contributed by atoms with van der Waals surface area (Å²) in [4.78, 5) is 37.6. The first kappa shape index (κ1) is 66.5. The lowest BCUT2D eigenvalue weighted by Crippen LogP contribution is -2.47. The summed E-state index contributed by atoms with van der Waals surface area (Å²) in [7, 11) is 1.50. The number of amides is 1. The van der Waals surface area contributed by atoms with Crippen molar-refractivity contribution < 1.29 is 37.3 Å². The second-order valence-corrected chi connectivity index (χ2v) is 22.6. The van der Waals surface area contributed by atoms with Crippen LogP contribution < -0.4 is 5.32 Å². The topological polar surface area (TPSA) is 111 Å². The van der Waals surface area contributed by atoms with Gasteiger partial charge in [0.2, 0.25) is 5.91 Å². The number of carbonyl (C=O) groups excluding carboxylic acids is 2. The van der Waals surface area contributed by atoms with E-state index in [-0.39, 0.29) is 25.1 Å². The van der Waals surface area contributed by atoms with Gasteiger partial charge in [0.25, 0.3) is 0 Å². The van der Waals surface area contributed by atoms with Crippen molar-refractivity contribution in [3.8, 4) is 0 Å². The van der Waals surface area contributed by atoms with Crippen LogP contribution in [0.15, 0.2) is 24.3 Å². The van der Waals surface area contributed by atoms with Crippen molar-refractivity contribution in [1.82, 2.24) is 5.32 Å². The Hall–Kier alpha value is -1.51. The lowest BCUT2D eigenvalue weighted by Gasteiger charge is -2.27. The summed E-state index contributed by atoms with van der Waals surface area (Å²) in [6.07, 6.45) is 55.9. The minimum atomic E-state index is -4.44. The van der Waals surface area contributed by atoms with Gasteiger partial charge >= 0.3 is 13.8 Å². The van der Waals surface area contributed by atoms with Gasteiger partial charge in [-0.25, -0.2) is 4.57 Å². The largest absolute Gasteiger partial charge is 0.472 e. The maximum Gasteiger partial charge on any atom is 0.472 e. The van der Waals surface area contributed by atoms with Gasteiger partial charge in [-0.3, -0.25) is 18.6 Å². The number of ether oxygens (including phenoxy) is 1. The van der Waals surface area contributed by atoms with Gasteiger partial charge in [-0.15, -0.1) is 0 Å². The third-order valence-corrected chi connectivity index (χ3v) is 14.1. The fourth-order valence-electron chi connectivity index (χ4n) is 8.58. The van der Waals surface area contributed by atoms with E-state index in [2.05, 4.69) is 38.2 Å². The van der Waals surface area contributed by atoms with Gasteiger partial charge in [0.15, 0.2) is 0 Å². The van der Waals surface area contributed by atoms with E-state index >= 15 is 0 Å². The number of hydrogen-bond acceptors (Lipinski definition) is 6. The summed E-state index contributed by atoms with van der Waals surface area (Å²) in [6, 6.07) is -0.849. The number of carbonyl (C=O) groups is 2. The Morgan fingerprint density at radius 2 is 0.853 bits per heavy atom. The number of esters is 1. The number of phosphoric acid groups is 1. The average molecular weight is 983 g/mol. The zero-order valence-corrected chi connectivity index (χ0v) is 46.8. The SMILES string of the molecule is CCCCCCCCC/C=C\CCCCCC(=O)NC(COP(=O)(O)OCC[N+](C)(C)C)C(/C=C/CCCCCCCCCCCCC)OC(=O)CCCCCCCCCCCCCCCCC. The molecule has 0 saturated heterocycles. The second kappa shape index (κ2) is 49.1. The molecule has 0 radical (unpaired) electrons. The summed E-state index contributed by atoms with van der Waals surface area (Å²) >= 11 is 0. The molecule has 9 nitrogen and oxygen atoms in total. The Bertz CT molecular complexity index is 1220. The molecule has 3 atom stereocenters. The third-order valence-electron chi connectivity index (χ3n) is 13.1. The minimum absolute atomic E-state index is 0.0408. The molecule has 1 amide bonds. The van der Waals surface area contributed by atoms with E-state index in [9.17, 15) is 19.0 Å². The first-order valence-electron chi connectivity index (χ1n) is 29.2. The van der Waals surface area contributed by atoms with E-state index in [1.807, 2.05) is 33.3 Å². The lowest BCUT2D eigenvalue weighted by atomic mass is 10.0. The molecule has 0 fully saturated rings. The molecule has 3 unspecified atom stereocenters. The fraction of sp³-hybridized carbons (Fsp3) is 0.897. The van der Waals surface area contributed by atoms with Gasteiger partial charge in [0.1, 0.15) is 19.3 Å². The zero-order chi connectivity index (χ0) is 50.1. The molecule has 0 heterocycles. The predicted octanol–water partition coefficient (Wildman–Crippen LogP) is 17.4. The summed E-state index contributed by atoms with van der Waals surface area (Å²) < 4.78 is 30.6. The molecule has 0 aromatic carbocycles. The number of rotatable bonds is 53. The Labute approximate surface area is 422 Å². The van der Waals surface area contributed by atoms with E-state index in [0.29, 0.717) is 23.9 Å². The summed E-state index contributed by atoms with van der Waals surface area (Å²) in [5, 5.41) is 3.04. The first-order valence-corrected chi connectivity index (χ1v) is 30.7. The van der Waals surface area contributed by atoms with Gasteiger partial charge in [0, 0.05) is 12.8 Å². The Morgan fingerprint density at radius 1 is 0.500 bits per heavy atom. The van der Waals surface area contributed by atoms with E-state index in [1.165, 1.54) is 180 Å². The highest BCUT2D eigenvalue weighted by Gasteiger charge is 2.30. The number of allylic oxidation sites excluding steroid dienone is 3. The molecule has 2 N–H and O–H groups in total. The summed E-state index contributed by atoms with van der Waals surface area (Å²) in [5.74, 6) is -0.510. The molecular weight excluding hydrogens is 868 g/mol. The molecule has 0 rings (SSSR count).